The van der Waals surface area contributed by atoms with Crippen LogP contribution in [0.2, 0.25) is 0 Å². The number of amides is 1. The Morgan fingerprint density at radius 2 is 1.68 bits per heavy atom. The predicted octanol–water partition coefficient (Wildman–Crippen LogP) is 2.11. The zero-order valence-electron chi connectivity index (χ0n) is 14.7. The van der Waals surface area contributed by atoms with E-state index in [1.165, 1.54) is 35.7 Å². The molecule has 0 bridgehead atoms. The topological polar surface area (TPSA) is 66.9 Å². The monoisotopic (exact) mass is 366 g/mol. The van der Waals surface area contributed by atoms with Gasteiger partial charge in [-0.25, -0.2) is 8.42 Å². The van der Waals surface area contributed by atoms with Crippen molar-refractivity contribution in [1.29, 1.82) is 0 Å². The summed E-state index contributed by atoms with van der Waals surface area (Å²) in [7, 11) is -1.67. The highest BCUT2D eigenvalue weighted by atomic mass is 32.2. The summed E-state index contributed by atoms with van der Waals surface area (Å²) in [5.74, 6) is -0.0396. The third-order valence-corrected chi connectivity index (χ3v) is 7.06. The quantitative estimate of drug-likeness (QED) is 0.819. The van der Waals surface area contributed by atoms with E-state index in [4.69, 9.17) is 4.74 Å². The molecule has 1 aromatic rings. The van der Waals surface area contributed by atoms with E-state index in [1.54, 1.807) is 12.1 Å². The molecule has 1 saturated heterocycles. The largest absolute Gasteiger partial charge is 0.379 e. The molecule has 138 valence electrons. The van der Waals surface area contributed by atoms with Gasteiger partial charge in [0.2, 0.25) is 10.0 Å². The molecule has 1 aromatic carbocycles. The van der Waals surface area contributed by atoms with Crippen molar-refractivity contribution in [2.24, 2.45) is 0 Å². The molecule has 6 nitrogen and oxygen atoms in total. The normalized spacial score (nSPS) is 20.4. The molecule has 0 spiro atoms. The maximum absolute atomic E-state index is 12.7. The highest BCUT2D eigenvalue weighted by Crippen LogP contribution is 2.24. The van der Waals surface area contributed by atoms with Crippen LogP contribution in [0.15, 0.2) is 29.2 Å². The van der Waals surface area contributed by atoms with Gasteiger partial charge in [0.1, 0.15) is 0 Å². The highest BCUT2D eigenvalue weighted by Gasteiger charge is 2.27. The summed E-state index contributed by atoms with van der Waals surface area (Å²) in [5, 5.41) is 0. The molecule has 2 aliphatic rings. The third-order valence-electron chi connectivity index (χ3n) is 5.15. The number of morpholine rings is 1. The fourth-order valence-electron chi connectivity index (χ4n) is 3.54. The first-order valence-corrected chi connectivity index (χ1v) is 10.4. The summed E-state index contributed by atoms with van der Waals surface area (Å²) >= 11 is 0. The zero-order chi connectivity index (χ0) is 17.9. The summed E-state index contributed by atoms with van der Waals surface area (Å²) in [4.78, 5) is 14.7. The minimum atomic E-state index is -3.52. The molecule has 0 unspecified atom stereocenters. The Hall–Kier alpha value is -1.44. The van der Waals surface area contributed by atoms with E-state index in [9.17, 15) is 13.2 Å². The number of carbonyl (C=O) groups excluding carboxylic acids is 1. The maximum atomic E-state index is 12.7. The fraction of sp³-hybridized carbons (Fsp3) is 0.611. The first kappa shape index (κ1) is 18.4. The fourth-order valence-corrected chi connectivity index (χ4v) is 4.95. The Labute approximate surface area is 149 Å². The van der Waals surface area contributed by atoms with Gasteiger partial charge in [0.15, 0.2) is 0 Å². The second kappa shape index (κ2) is 7.85. The summed E-state index contributed by atoms with van der Waals surface area (Å²) in [6.07, 6.45) is 5.67. The van der Waals surface area contributed by atoms with Gasteiger partial charge < -0.3 is 9.64 Å². The van der Waals surface area contributed by atoms with Crippen LogP contribution in [0.5, 0.6) is 0 Å². The number of rotatable bonds is 4. The van der Waals surface area contributed by atoms with E-state index >= 15 is 0 Å². The van der Waals surface area contributed by atoms with E-state index in [2.05, 4.69) is 0 Å². The van der Waals surface area contributed by atoms with E-state index in [0.717, 1.165) is 12.8 Å². The second-order valence-corrected chi connectivity index (χ2v) is 8.69. The Kier molecular flexibility index (Phi) is 5.76. The summed E-state index contributed by atoms with van der Waals surface area (Å²) in [6.45, 7) is 1.57. The number of hydrogen-bond donors (Lipinski definition) is 0. The molecule has 1 saturated carbocycles. The van der Waals surface area contributed by atoms with Crippen molar-refractivity contribution in [1.82, 2.24) is 9.21 Å². The van der Waals surface area contributed by atoms with Gasteiger partial charge in [0.25, 0.3) is 5.91 Å². The lowest BCUT2D eigenvalue weighted by Gasteiger charge is -2.31. The average molecular weight is 366 g/mol. The van der Waals surface area contributed by atoms with Crippen molar-refractivity contribution in [2.45, 2.75) is 43.0 Å². The molecular formula is C18H26N2O4S. The van der Waals surface area contributed by atoms with E-state index < -0.39 is 10.0 Å². The van der Waals surface area contributed by atoms with Crippen molar-refractivity contribution in [2.75, 3.05) is 33.4 Å². The lowest BCUT2D eigenvalue weighted by molar-refractivity contribution is 0.0696. The van der Waals surface area contributed by atoms with Crippen LogP contribution < -0.4 is 0 Å². The van der Waals surface area contributed by atoms with Gasteiger partial charge in [-0.05, 0) is 37.1 Å². The number of ether oxygens (including phenoxy) is 1. The second-order valence-electron chi connectivity index (χ2n) is 6.75. The van der Waals surface area contributed by atoms with Crippen molar-refractivity contribution < 1.29 is 17.9 Å². The molecule has 1 aliphatic heterocycles. The first-order chi connectivity index (χ1) is 12.0. The van der Waals surface area contributed by atoms with Gasteiger partial charge in [-0.2, -0.15) is 4.31 Å². The van der Waals surface area contributed by atoms with Crippen LogP contribution in [0.4, 0.5) is 0 Å². The molecule has 1 heterocycles. The van der Waals surface area contributed by atoms with E-state index in [0.29, 0.717) is 31.9 Å². The van der Waals surface area contributed by atoms with Gasteiger partial charge in [-0.3, -0.25) is 4.79 Å². The molecule has 1 aliphatic carbocycles. The van der Waals surface area contributed by atoms with E-state index in [1.807, 2.05) is 11.9 Å². The van der Waals surface area contributed by atoms with Crippen molar-refractivity contribution >= 4 is 15.9 Å². The Bertz CT molecular complexity index is 690. The van der Waals surface area contributed by atoms with Gasteiger partial charge in [-0.1, -0.05) is 19.3 Å². The Morgan fingerprint density at radius 3 is 2.28 bits per heavy atom. The molecule has 0 radical (unpaired) electrons. The number of nitrogens with zero attached hydrogens (tertiary/aromatic N) is 2. The van der Waals surface area contributed by atoms with Crippen LogP contribution in [0.1, 0.15) is 42.5 Å². The zero-order valence-corrected chi connectivity index (χ0v) is 15.5. The smallest absolute Gasteiger partial charge is 0.253 e. The number of benzene rings is 1. The molecule has 0 N–H and O–H groups in total. The third kappa shape index (κ3) is 4.04. The SMILES string of the molecule is CN(C(=O)c1ccc(S(=O)(=O)N2CCOCC2)cc1)C1CCCCC1. The molecule has 1 amide bonds. The molecular weight excluding hydrogens is 340 g/mol. The summed E-state index contributed by atoms with van der Waals surface area (Å²) in [5.41, 5.74) is 0.536. The summed E-state index contributed by atoms with van der Waals surface area (Å²) < 4.78 is 31.9. The number of sulfonamides is 1. The molecule has 7 heteroatoms. The van der Waals surface area contributed by atoms with Crippen molar-refractivity contribution in [3.05, 3.63) is 29.8 Å². The molecule has 0 aromatic heterocycles. The lowest BCUT2D eigenvalue weighted by Crippen LogP contribution is -2.40. The lowest BCUT2D eigenvalue weighted by atomic mass is 9.94. The average Bonchev–Trinajstić information content (AvgIpc) is 2.68. The maximum Gasteiger partial charge on any atom is 0.253 e. The Balaban J connectivity index is 1.71. The van der Waals surface area contributed by atoms with Gasteiger partial charge in [0.05, 0.1) is 18.1 Å². The van der Waals surface area contributed by atoms with Crippen molar-refractivity contribution in [3.63, 3.8) is 0 Å². The summed E-state index contributed by atoms with van der Waals surface area (Å²) in [6, 6.07) is 6.60. The Morgan fingerprint density at radius 1 is 1.08 bits per heavy atom. The van der Waals surface area contributed by atoms with Crippen LogP contribution in [0.3, 0.4) is 0 Å². The minimum absolute atomic E-state index is 0.0396. The van der Waals surface area contributed by atoms with Crippen LogP contribution in [0, 0.1) is 0 Å². The molecule has 2 fully saturated rings. The van der Waals surface area contributed by atoms with Gasteiger partial charge in [-0.15, -0.1) is 0 Å². The highest BCUT2D eigenvalue weighted by molar-refractivity contribution is 7.89. The van der Waals surface area contributed by atoms with Crippen LogP contribution in [-0.4, -0.2) is 62.9 Å². The van der Waals surface area contributed by atoms with Gasteiger partial charge in [0, 0.05) is 31.7 Å². The number of carbonyl (C=O) groups is 1. The molecule has 0 atom stereocenters. The number of hydrogen-bond acceptors (Lipinski definition) is 4. The van der Waals surface area contributed by atoms with Crippen molar-refractivity contribution in [3.8, 4) is 0 Å². The van der Waals surface area contributed by atoms with Gasteiger partial charge >= 0.3 is 0 Å². The van der Waals surface area contributed by atoms with Crippen LogP contribution in [-0.2, 0) is 14.8 Å². The minimum Gasteiger partial charge on any atom is -0.379 e. The van der Waals surface area contributed by atoms with Crippen LogP contribution >= 0.6 is 0 Å². The molecule has 25 heavy (non-hydrogen) atoms. The van der Waals surface area contributed by atoms with Crippen LogP contribution in [0.25, 0.3) is 0 Å². The molecule has 3 rings (SSSR count). The first-order valence-electron chi connectivity index (χ1n) is 8.95. The van der Waals surface area contributed by atoms with E-state index in [-0.39, 0.29) is 16.8 Å². The predicted molar refractivity (Wildman–Crippen MR) is 95.0 cm³/mol. The standard InChI is InChI=1S/C18H26N2O4S/c1-19(16-5-3-2-4-6-16)18(21)15-7-9-17(10-8-15)25(22,23)20-11-13-24-14-12-20/h7-10,16H,2-6,11-14H2,1H3.